The largest absolute Gasteiger partial charge is 0.444 e. The molecule has 0 unspecified atom stereocenters. The molecule has 3 rings (SSSR count). The number of urea groups is 1. The molecule has 3 heterocycles. The highest BCUT2D eigenvalue weighted by Crippen LogP contribution is 2.17. The lowest BCUT2D eigenvalue weighted by atomic mass is 10.1. The molecule has 1 aliphatic rings. The number of hydrogen-bond acceptors (Lipinski definition) is 6. The van der Waals surface area contributed by atoms with Gasteiger partial charge in [0, 0.05) is 40.0 Å². The molecular formula is C24H40N6O4Si. The Morgan fingerprint density at radius 3 is 2.71 bits per heavy atom. The van der Waals surface area contributed by atoms with Gasteiger partial charge in [-0.25, -0.2) is 19.6 Å². The van der Waals surface area contributed by atoms with Crippen molar-refractivity contribution in [1.82, 2.24) is 24.8 Å². The Kier molecular flexibility index (Phi) is 8.76. The standard InChI is InChI=1S/C24H40N6O4Si/c1-24(2,3)34-23(32)29-11-8-7-9-18(16-29)26-22(31)28-20-15-25-21-19(27-20)10-12-30(21)17-33-13-14-35(4,5)6/h10,12,15,18H,7-9,11,13-14,16-17H2,1-6H3,(H2,26,27,28,31)/t18-/m1/s1. The maximum Gasteiger partial charge on any atom is 0.410 e. The van der Waals surface area contributed by atoms with Crippen molar-refractivity contribution in [3.63, 3.8) is 0 Å². The number of rotatable bonds is 7. The molecule has 1 saturated heterocycles. The van der Waals surface area contributed by atoms with E-state index in [1.54, 1.807) is 11.1 Å². The fraction of sp³-hybridized carbons (Fsp3) is 0.667. The second kappa shape index (κ2) is 11.4. The van der Waals surface area contributed by atoms with Crippen molar-refractivity contribution in [1.29, 1.82) is 0 Å². The monoisotopic (exact) mass is 504 g/mol. The Hall–Kier alpha value is -2.66. The number of fused-ring (bicyclic) bond motifs is 1. The van der Waals surface area contributed by atoms with E-state index in [-0.39, 0.29) is 18.2 Å². The first kappa shape index (κ1) is 26.9. The molecule has 194 valence electrons. The first-order valence-electron chi connectivity index (χ1n) is 12.3. The van der Waals surface area contributed by atoms with Gasteiger partial charge >= 0.3 is 12.1 Å². The van der Waals surface area contributed by atoms with Crippen LogP contribution in [0.2, 0.25) is 25.7 Å². The number of amides is 3. The molecule has 35 heavy (non-hydrogen) atoms. The third-order valence-corrected chi connectivity index (χ3v) is 7.29. The Morgan fingerprint density at radius 2 is 2.00 bits per heavy atom. The van der Waals surface area contributed by atoms with Crippen molar-refractivity contribution >= 4 is 37.2 Å². The zero-order chi connectivity index (χ0) is 25.6. The minimum absolute atomic E-state index is 0.170. The molecule has 0 radical (unpaired) electrons. The number of nitrogens with zero attached hydrogens (tertiary/aromatic N) is 4. The second-order valence-electron chi connectivity index (χ2n) is 11.3. The van der Waals surface area contributed by atoms with Gasteiger partial charge in [0.15, 0.2) is 11.5 Å². The van der Waals surface area contributed by atoms with Crippen LogP contribution in [0.1, 0.15) is 40.0 Å². The summed E-state index contributed by atoms with van der Waals surface area (Å²) in [5.74, 6) is 0.366. The molecule has 0 aromatic carbocycles. The van der Waals surface area contributed by atoms with Crippen LogP contribution in [-0.4, -0.2) is 71.0 Å². The number of anilines is 1. The van der Waals surface area contributed by atoms with Gasteiger partial charge in [0.1, 0.15) is 17.8 Å². The molecule has 0 bridgehead atoms. The van der Waals surface area contributed by atoms with Crippen molar-refractivity contribution in [2.45, 2.75) is 84.1 Å². The normalized spacial score (nSPS) is 17.2. The number of likely N-dealkylation sites (tertiary alicyclic amines) is 1. The molecule has 0 spiro atoms. The quantitative estimate of drug-likeness (QED) is 0.419. The molecule has 10 nitrogen and oxygen atoms in total. The summed E-state index contributed by atoms with van der Waals surface area (Å²) in [7, 11) is -1.13. The van der Waals surface area contributed by atoms with E-state index in [4.69, 9.17) is 9.47 Å². The summed E-state index contributed by atoms with van der Waals surface area (Å²) in [5, 5.41) is 5.73. The molecule has 0 aliphatic carbocycles. The fourth-order valence-electron chi connectivity index (χ4n) is 3.76. The first-order chi connectivity index (χ1) is 16.4. The van der Waals surface area contributed by atoms with Crippen LogP contribution >= 0.6 is 0 Å². The summed E-state index contributed by atoms with van der Waals surface area (Å²) in [5.41, 5.74) is 0.836. The van der Waals surface area contributed by atoms with Crippen molar-refractivity contribution in [3.8, 4) is 0 Å². The van der Waals surface area contributed by atoms with Gasteiger partial charge in [0.2, 0.25) is 0 Å². The van der Waals surface area contributed by atoms with Crippen LogP contribution in [0.15, 0.2) is 18.5 Å². The number of carbonyl (C=O) groups excluding carboxylic acids is 2. The lowest BCUT2D eigenvalue weighted by molar-refractivity contribution is 0.0245. The molecule has 2 aromatic heterocycles. The smallest absolute Gasteiger partial charge is 0.410 e. The predicted molar refractivity (Wildman–Crippen MR) is 139 cm³/mol. The molecule has 1 aliphatic heterocycles. The summed E-state index contributed by atoms with van der Waals surface area (Å²) in [6.45, 7) is 14.7. The molecule has 11 heteroatoms. The zero-order valence-electron chi connectivity index (χ0n) is 21.9. The predicted octanol–water partition coefficient (Wildman–Crippen LogP) is 4.65. The third kappa shape index (κ3) is 8.81. The van der Waals surface area contributed by atoms with Crippen LogP contribution in [0, 0.1) is 0 Å². The average molecular weight is 505 g/mol. The summed E-state index contributed by atoms with van der Waals surface area (Å²) in [6, 6.07) is 2.43. The SMILES string of the molecule is CC(C)(C)OC(=O)N1CCCC[C@@H](NC(=O)Nc2cnc3c(ccn3COCC[Si](C)(C)C)n2)C1. The van der Waals surface area contributed by atoms with Gasteiger partial charge < -0.3 is 24.3 Å². The highest BCUT2D eigenvalue weighted by atomic mass is 28.3. The van der Waals surface area contributed by atoms with E-state index in [9.17, 15) is 9.59 Å². The average Bonchev–Trinajstić information content (AvgIpc) is 2.97. The van der Waals surface area contributed by atoms with E-state index in [1.165, 1.54) is 0 Å². The molecule has 1 atom stereocenters. The topological polar surface area (TPSA) is 111 Å². The number of nitrogens with one attached hydrogen (secondary N) is 2. The zero-order valence-corrected chi connectivity index (χ0v) is 22.9. The Bertz CT molecular complexity index is 1010. The van der Waals surface area contributed by atoms with Gasteiger partial charge in [-0.1, -0.05) is 19.6 Å². The van der Waals surface area contributed by atoms with Gasteiger partial charge in [-0.15, -0.1) is 0 Å². The molecule has 1 fully saturated rings. The Morgan fingerprint density at radius 1 is 1.23 bits per heavy atom. The van der Waals surface area contributed by atoms with Crippen molar-refractivity contribution in [3.05, 3.63) is 18.5 Å². The highest BCUT2D eigenvalue weighted by Gasteiger charge is 2.27. The van der Waals surface area contributed by atoms with Gasteiger partial charge in [-0.2, -0.15) is 0 Å². The van der Waals surface area contributed by atoms with Crippen LogP contribution in [-0.2, 0) is 16.2 Å². The van der Waals surface area contributed by atoms with Crippen LogP contribution in [0.4, 0.5) is 15.4 Å². The molecule has 3 amide bonds. The second-order valence-corrected chi connectivity index (χ2v) is 16.9. The van der Waals surface area contributed by atoms with E-state index in [2.05, 4.69) is 40.2 Å². The minimum Gasteiger partial charge on any atom is -0.444 e. The number of hydrogen-bond donors (Lipinski definition) is 2. The van der Waals surface area contributed by atoms with Gasteiger partial charge in [-0.3, -0.25) is 5.32 Å². The molecule has 0 saturated carbocycles. The van der Waals surface area contributed by atoms with Crippen molar-refractivity contribution in [2.75, 3.05) is 25.0 Å². The fourth-order valence-corrected chi connectivity index (χ4v) is 4.51. The molecule has 2 aromatic rings. The molecular weight excluding hydrogens is 464 g/mol. The van der Waals surface area contributed by atoms with Gasteiger partial charge in [0.05, 0.1) is 6.20 Å². The number of ether oxygens (including phenoxy) is 2. The summed E-state index contributed by atoms with van der Waals surface area (Å²) >= 11 is 0. The van der Waals surface area contributed by atoms with E-state index in [0.717, 1.165) is 31.9 Å². The van der Waals surface area contributed by atoms with Gasteiger partial charge in [0.25, 0.3) is 0 Å². The maximum atomic E-state index is 12.6. The third-order valence-electron chi connectivity index (χ3n) is 5.59. The van der Waals surface area contributed by atoms with Gasteiger partial charge in [-0.05, 0) is 52.1 Å². The highest BCUT2D eigenvalue weighted by molar-refractivity contribution is 6.76. The molecule has 2 N–H and O–H groups in total. The Balaban J connectivity index is 1.54. The number of carbonyl (C=O) groups is 2. The van der Waals surface area contributed by atoms with Crippen LogP contribution < -0.4 is 10.6 Å². The van der Waals surface area contributed by atoms with E-state index >= 15 is 0 Å². The Labute approximate surface area is 208 Å². The number of aromatic nitrogens is 3. The summed E-state index contributed by atoms with van der Waals surface area (Å²) < 4.78 is 13.2. The van der Waals surface area contributed by atoms with Crippen LogP contribution in [0.25, 0.3) is 11.2 Å². The van der Waals surface area contributed by atoms with Crippen molar-refractivity contribution in [2.24, 2.45) is 0 Å². The van der Waals surface area contributed by atoms with E-state index in [0.29, 0.717) is 36.8 Å². The van der Waals surface area contributed by atoms with Crippen molar-refractivity contribution < 1.29 is 19.1 Å². The van der Waals surface area contributed by atoms with Crippen LogP contribution in [0.3, 0.4) is 0 Å². The first-order valence-corrected chi connectivity index (χ1v) is 16.1. The minimum atomic E-state index is -1.13. The summed E-state index contributed by atoms with van der Waals surface area (Å²) in [6.07, 6.45) is 5.67. The maximum absolute atomic E-state index is 12.6. The van der Waals surface area contributed by atoms with E-state index < -0.39 is 13.7 Å². The lowest BCUT2D eigenvalue weighted by Crippen LogP contribution is -2.47. The lowest BCUT2D eigenvalue weighted by Gasteiger charge is -2.28. The van der Waals surface area contributed by atoms with Crippen LogP contribution in [0.5, 0.6) is 0 Å². The summed E-state index contributed by atoms with van der Waals surface area (Å²) in [4.78, 5) is 35.8. The van der Waals surface area contributed by atoms with E-state index in [1.807, 2.05) is 37.6 Å².